The number of pyridine rings is 2. The van der Waals surface area contributed by atoms with Gasteiger partial charge in [0.1, 0.15) is 5.82 Å². The smallest absolute Gasteiger partial charge is 0.128 e. The SMILES string of the molecule is C=C(c1cnc2ccc(-c3cc(Cl)c(C)c(Cl)c3)cc2c1Nc1ccc(N2CCC(N)CC2)nc1)C1CC1. The molecule has 2 fully saturated rings. The zero-order valence-electron chi connectivity index (χ0n) is 21.5. The van der Waals surface area contributed by atoms with E-state index in [1.807, 2.05) is 37.5 Å². The lowest BCUT2D eigenvalue weighted by Crippen LogP contribution is -2.40. The maximum absolute atomic E-state index is 6.47. The first-order valence-electron chi connectivity index (χ1n) is 13.2. The summed E-state index contributed by atoms with van der Waals surface area (Å²) in [6, 6.07) is 14.7. The van der Waals surface area contributed by atoms with E-state index >= 15 is 0 Å². The highest BCUT2D eigenvalue weighted by atomic mass is 35.5. The minimum atomic E-state index is 0.294. The van der Waals surface area contributed by atoms with Gasteiger partial charge in [-0.15, -0.1) is 0 Å². The molecule has 1 aliphatic carbocycles. The van der Waals surface area contributed by atoms with Crippen molar-refractivity contribution in [2.75, 3.05) is 23.3 Å². The lowest BCUT2D eigenvalue weighted by atomic mass is 9.97. The van der Waals surface area contributed by atoms with Gasteiger partial charge in [0.25, 0.3) is 0 Å². The number of nitrogens with two attached hydrogens (primary N) is 1. The van der Waals surface area contributed by atoms with Crippen LogP contribution in [0, 0.1) is 12.8 Å². The Morgan fingerprint density at radius 2 is 1.68 bits per heavy atom. The van der Waals surface area contributed by atoms with Gasteiger partial charge in [0.15, 0.2) is 0 Å². The number of hydrogen-bond donors (Lipinski definition) is 2. The minimum absolute atomic E-state index is 0.294. The summed E-state index contributed by atoms with van der Waals surface area (Å²) in [6.45, 7) is 8.25. The third-order valence-electron chi connectivity index (χ3n) is 7.78. The monoisotopic (exact) mass is 543 g/mol. The number of halogens is 2. The molecular weight excluding hydrogens is 513 g/mol. The molecule has 1 saturated carbocycles. The molecule has 0 bridgehead atoms. The Morgan fingerprint density at radius 1 is 0.947 bits per heavy atom. The number of nitrogens with one attached hydrogen (secondary N) is 1. The van der Waals surface area contributed by atoms with Crippen LogP contribution >= 0.6 is 23.2 Å². The van der Waals surface area contributed by atoms with Gasteiger partial charge in [-0.2, -0.15) is 0 Å². The molecule has 7 heteroatoms. The van der Waals surface area contributed by atoms with Gasteiger partial charge in [-0.3, -0.25) is 4.98 Å². The lowest BCUT2D eigenvalue weighted by Gasteiger charge is -2.31. The molecule has 5 nitrogen and oxygen atoms in total. The van der Waals surface area contributed by atoms with Crippen LogP contribution in [0.1, 0.15) is 36.8 Å². The van der Waals surface area contributed by atoms with E-state index in [1.54, 1.807) is 0 Å². The molecule has 0 unspecified atom stereocenters. The summed E-state index contributed by atoms with van der Waals surface area (Å²) in [5.41, 5.74) is 14.0. The third kappa shape index (κ3) is 4.98. The van der Waals surface area contributed by atoms with Crippen LogP contribution in [-0.4, -0.2) is 29.1 Å². The van der Waals surface area contributed by atoms with E-state index < -0.39 is 0 Å². The zero-order chi connectivity index (χ0) is 26.4. The molecule has 38 heavy (non-hydrogen) atoms. The first-order valence-corrected chi connectivity index (χ1v) is 13.9. The Kier molecular flexibility index (Phi) is 6.77. The molecule has 0 spiro atoms. The molecule has 0 amide bonds. The molecule has 6 rings (SSSR count). The van der Waals surface area contributed by atoms with Crippen LogP contribution in [0.2, 0.25) is 10.0 Å². The van der Waals surface area contributed by atoms with Crippen LogP contribution in [-0.2, 0) is 0 Å². The van der Waals surface area contributed by atoms with Crippen molar-refractivity contribution < 1.29 is 0 Å². The number of rotatable bonds is 6. The van der Waals surface area contributed by atoms with Crippen molar-refractivity contribution in [1.29, 1.82) is 0 Å². The fraction of sp³-hybridized carbons (Fsp3) is 0.290. The van der Waals surface area contributed by atoms with Crippen molar-refractivity contribution in [1.82, 2.24) is 9.97 Å². The van der Waals surface area contributed by atoms with Crippen molar-refractivity contribution in [3.05, 3.63) is 82.6 Å². The molecule has 2 aromatic carbocycles. The highest BCUT2D eigenvalue weighted by molar-refractivity contribution is 6.36. The maximum atomic E-state index is 6.47. The second-order valence-electron chi connectivity index (χ2n) is 10.5. The average molecular weight is 545 g/mol. The van der Waals surface area contributed by atoms with Crippen molar-refractivity contribution in [3.63, 3.8) is 0 Å². The Hall–Kier alpha value is -3.12. The van der Waals surface area contributed by atoms with Gasteiger partial charge in [-0.05, 0) is 97.2 Å². The van der Waals surface area contributed by atoms with E-state index in [-0.39, 0.29) is 0 Å². The summed E-state index contributed by atoms with van der Waals surface area (Å²) in [6.07, 6.45) is 8.19. The molecule has 2 aromatic heterocycles. The average Bonchev–Trinajstić information content (AvgIpc) is 3.78. The van der Waals surface area contributed by atoms with E-state index in [4.69, 9.17) is 38.9 Å². The second kappa shape index (κ2) is 10.2. The lowest BCUT2D eigenvalue weighted by molar-refractivity contribution is 0.498. The molecule has 0 atom stereocenters. The zero-order valence-corrected chi connectivity index (χ0v) is 23.0. The van der Waals surface area contributed by atoms with Gasteiger partial charge < -0.3 is 16.0 Å². The van der Waals surface area contributed by atoms with E-state index in [0.717, 1.165) is 81.9 Å². The number of allylic oxidation sites excluding steroid dienone is 1. The number of anilines is 3. The summed E-state index contributed by atoms with van der Waals surface area (Å²) in [7, 11) is 0. The topological polar surface area (TPSA) is 67.1 Å². The standard InChI is InChI=1S/C31H31Cl2N5/c1-18(20-3-4-20)26-17-35-29-7-5-21(22-14-27(32)19(2)28(33)15-22)13-25(29)31(26)37-24-6-8-30(36-16-24)38-11-9-23(34)10-12-38/h5-8,13-17,20,23H,1,3-4,9-12,34H2,2H3,(H,35,37). The van der Waals surface area contributed by atoms with Gasteiger partial charge in [-0.25, -0.2) is 4.98 Å². The van der Waals surface area contributed by atoms with Crippen LogP contribution in [0.25, 0.3) is 27.6 Å². The van der Waals surface area contributed by atoms with Crippen molar-refractivity contribution in [2.24, 2.45) is 11.7 Å². The van der Waals surface area contributed by atoms with Gasteiger partial charge >= 0.3 is 0 Å². The van der Waals surface area contributed by atoms with Crippen LogP contribution in [0.5, 0.6) is 0 Å². The van der Waals surface area contributed by atoms with Crippen molar-refractivity contribution in [2.45, 2.75) is 38.6 Å². The highest BCUT2D eigenvalue weighted by Gasteiger charge is 2.28. The second-order valence-corrected chi connectivity index (χ2v) is 11.3. The van der Waals surface area contributed by atoms with Crippen LogP contribution < -0.4 is 16.0 Å². The van der Waals surface area contributed by atoms with E-state index in [1.165, 1.54) is 12.8 Å². The molecule has 3 N–H and O–H groups in total. The van der Waals surface area contributed by atoms with Crippen molar-refractivity contribution >= 4 is 56.9 Å². The molecule has 1 aliphatic heterocycles. The Labute approximate surface area is 233 Å². The Morgan fingerprint density at radius 3 is 2.34 bits per heavy atom. The predicted molar refractivity (Wildman–Crippen MR) is 161 cm³/mol. The normalized spacial score (nSPS) is 16.2. The fourth-order valence-electron chi connectivity index (χ4n) is 5.13. The highest BCUT2D eigenvalue weighted by Crippen LogP contribution is 2.45. The maximum Gasteiger partial charge on any atom is 0.128 e. The number of fused-ring (bicyclic) bond motifs is 1. The summed E-state index contributed by atoms with van der Waals surface area (Å²) in [5, 5.41) is 6.00. The number of hydrogen-bond acceptors (Lipinski definition) is 5. The number of aromatic nitrogens is 2. The number of benzene rings is 2. The molecule has 2 aliphatic rings. The molecule has 0 radical (unpaired) electrons. The van der Waals surface area contributed by atoms with E-state index in [0.29, 0.717) is 22.0 Å². The Bertz CT molecular complexity index is 1500. The summed E-state index contributed by atoms with van der Waals surface area (Å²) >= 11 is 12.9. The molecule has 3 heterocycles. The van der Waals surface area contributed by atoms with E-state index in [2.05, 4.69) is 41.1 Å². The van der Waals surface area contributed by atoms with E-state index in [9.17, 15) is 0 Å². The fourth-order valence-corrected chi connectivity index (χ4v) is 5.62. The summed E-state index contributed by atoms with van der Waals surface area (Å²) < 4.78 is 0. The molecule has 194 valence electrons. The molecule has 4 aromatic rings. The van der Waals surface area contributed by atoms with Gasteiger partial charge in [0, 0.05) is 46.3 Å². The number of nitrogens with zero attached hydrogens (tertiary/aromatic N) is 3. The van der Waals surface area contributed by atoms with Gasteiger partial charge in [0.2, 0.25) is 0 Å². The molecule has 1 saturated heterocycles. The van der Waals surface area contributed by atoms with Crippen LogP contribution in [0.3, 0.4) is 0 Å². The summed E-state index contributed by atoms with van der Waals surface area (Å²) in [5.74, 6) is 1.50. The number of piperidine rings is 1. The Balaban J connectivity index is 1.40. The first-order chi connectivity index (χ1) is 18.4. The predicted octanol–water partition coefficient (Wildman–Crippen LogP) is 8.01. The van der Waals surface area contributed by atoms with Gasteiger partial charge in [-0.1, -0.05) is 35.8 Å². The van der Waals surface area contributed by atoms with Crippen LogP contribution in [0.4, 0.5) is 17.2 Å². The largest absolute Gasteiger partial charge is 0.357 e. The first kappa shape index (κ1) is 25.2. The van der Waals surface area contributed by atoms with Crippen molar-refractivity contribution in [3.8, 4) is 11.1 Å². The van der Waals surface area contributed by atoms with Gasteiger partial charge in [0.05, 0.1) is 23.1 Å². The quantitative estimate of drug-likeness (QED) is 0.257. The minimum Gasteiger partial charge on any atom is -0.357 e. The molecular formula is C31H31Cl2N5. The third-order valence-corrected chi connectivity index (χ3v) is 8.56. The summed E-state index contributed by atoms with van der Waals surface area (Å²) in [4.78, 5) is 11.9. The van der Waals surface area contributed by atoms with Crippen LogP contribution in [0.15, 0.2) is 61.4 Å².